The molecular weight excluding hydrogens is 298 g/mol. The highest BCUT2D eigenvalue weighted by atomic mass is 32.1. The van der Waals surface area contributed by atoms with Crippen molar-refractivity contribution in [2.75, 3.05) is 0 Å². The molecule has 112 valence electrons. The first-order chi connectivity index (χ1) is 10.8. The van der Waals surface area contributed by atoms with Crippen LogP contribution < -0.4 is 0 Å². The summed E-state index contributed by atoms with van der Waals surface area (Å²) in [7, 11) is 0. The number of benzene rings is 1. The molecule has 0 radical (unpaired) electrons. The van der Waals surface area contributed by atoms with E-state index >= 15 is 0 Å². The summed E-state index contributed by atoms with van der Waals surface area (Å²) >= 11 is 1.17. The summed E-state index contributed by atoms with van der Waals surface area (Å²) in [5.74, 6) is -0.139. The van der Waals surface area contributed by atoms with E-state index < -0.39 is 0 Å². The lowest BCUT2D eigenvalue weighted by Gasteiger charge is -2.28. The third kappa shape index (κ3) is 3.04. The maximum Gasteiger partial charge on any atom is 0.276 e. The van der Waals surface area contributed by atoms with Crippen molar-refractivity contribution >= 4 is 17.4 Å². The maximum atomic E-state index is 12.7. The first-order valence-corrected chi connectivity index (χ1v) is 7.69. The van der Waals surface area contributed by atoms with Crippen molar-refractivity contribution in [3.05, 3.63) is 65.2 Å². The molecule has 3 rings (SSSR count). The second kappa shape index (κ2) is 6.48. The van der Waals surface area contributed by atoms with Crippen molar-refractivity contribution in [3.63, 3.8) is 0 Å². The van der Waals surface area contributed by atoms with Crippen LogP contribution in [0.1, 0.15) is 34.7 Å². The van der Waals surface area contributed by atoms with E-state index in [1.807, 2.05) is 37.3 Å². The van der Waals surface area contributed by atoms with Crippen LogP contribution in [0, 0.1) is 0 Å². The van der Waals surface area contributed by atoms with Gasteiger partial charge in [-0.05, 0) is 24.0 Å². The highest BCUT2D eigenvalue weighted by Crippen LogP contribution is 2.23. The highest BCUT2D eigenvalue weighted by Gasteiger charge is 2.25. The van der Waals surface area contributed by atoms with Gasteiger partial charge >= 0.3 is 0 Å². The van der Waals surface area contributed by atoms with Crippen LogP contribution in [0.2, 0.25) is 0 Å². The van der Waals surface area contributed by atoms with Gasteiger partial charge in [0, 0.05) is 11.6 Å². The normalized spacial score (nSPS) is 12.0. The molecule has 0 spiro atoms. The summed E-state index contributed by atoms with van der Waals surface area (Å²) < 4.78 is 3.78. The SMILES string of the molecule is CC(c1ccccc1)N(Cc1cnc[nH]1)C(=O)c1csnn1. The van der Waals surface area contributed by atoms with E-state index in [2.05, 4.69) is 19.6 Å². The Morgan fingerprint density at radius 3 is 2.82 bits per heavy atom. The van der Waals surface area contributed by atoms with Crippen LogP contribution in [0.3, 0.4) is 0 Å². The number of nitrogens with zero attached hydrogens (tertiary/aromatic N) is 4. The van der Waals surface area contributed by atoms with Crippen molar-refractivity contribution in [1.82, 2.24) is 24.5 Å². The zero-order chi connectivity index (χ0) is 15.4. The third-order valence-electron chi connectivity index (χ3n) is 3.49. The van der Waals surface area contributed by atoms with Gasteiger partial charge < -0.3 is 9.88 Å². The molecule has 2 aromatic heterocycles. The van der Waals surface area contributed by atoms with Gasteiger partial charge in [-0.25, -0.2) is 4.98 Å². The van der Waals surface area contributed by atoms with Gasteiger partial charge in [0.2, 0.25) is 0 Å². The van der Waals surface area contributed by atoms with E-state index in [9.17, 15) is 4.79 Å². The Morgan fingerprint density at radius 2 is 2.18 bits per heavy atom. The van der Waals surface area contributed by atoms with Crippen LogP contribution in [-0.4, -0.2) is 30.4 Å². The van der Waals surface area contributed by atoms with Gasteiger partial charge in [0.05, 0.1) is 24.6 Å². The molecule has 22 heavy (non-hydrogen) atoms. The number of rotatable bonds is 5. The largest absolute Gasteiger partial charge is 0.347 e. The minimum atomic E-state index is -0.139. The maximum absolute atomic E-state index is 12.7. The first-order valence-electron chi connectivity index (χ1n) is 6.86. The number of nitrogens with one attached hydrogen (secondary N) is 1. The van der Waals surface area contributed by atoms with E-state index in [4.69, 9.17) is 0 Å². The smallest absolute Gasteiger partial charge is 0.276 e. The number of aromatic amines is 1. The van der Waals surface area contributed by atoms with E-state index in [-0.39, 0.29) is 11.9 Å². The standard InChI is InChI=1S/C15H15N5OS/c1-11(12-5-3-2-4-6-12)20(8-13-7-16-10-17-13)15(21)14-9-22-19-18-14/h2-7,9-11H,8H2,1H3,(H,16,17). The molecule has 0 aliphatic carbocycles. The molecule has 0 bridgehead atoms. The number of hydrogen-bond acceptors (Lipinski definition) is 5. The number of carbonyl (C=O) groups excluding carboxylic acids is 1. The molecule has 0 saturated carbocycles. The predicted molar refractivity (Wildman–Crippen MR) is 83.2 cm³/mol. The number of amides is 1. The molecule has 1 aromatic carbocycles. The predicted octanol–water partition coefficient (Wildman–Crippen LogP) is 2.66. The molecule has 0 saturated heterocycles. The second-order valence-electron chi connectivity index (χ2n) is 4.89. The van der Waals surface area contributed by atoms with Crippen LogP contribution in [0.25, 0.3) is 0 Å². The van der Waals surface area contributed by atoms with Crippen molar-refractivity contribution in [2.45, 2.75) is 19.5 Å². The Labute approximate surface area is 132 Å². The fourth-order valence-electron chi connectivity index (χ4n) is 2.26. The van der Waals surface area contributed by atoms with Gasteiger partial charge in [-0.3, -0.25) is 4.79 Å². The molecule has 1 amide bonds. The summed E-state index contributed by atoms with van der Waals surface area (Å²) in [4.78, 5) is 21.6. The average Bonchev–Trinajstić information content (AvgIpc) is 3.25. The number of carbonyl (C=O) groups is 1. The number of imidazole rings is 1. The van der Waals surface area contributed by atoms with E-state index in [1.165, 1.54) is 11.5 Å². The molecule has 1 unspecified atom stereocenters. The van der Waals surface area contributed by atoms with Crippen LogP contribution >= 0.6 is 11.5 Å². The number of hydrogen-bond donors (Lipinski definition) is 1. The van der Waals surface area contributed by atoms with E-state index in [0.717, 1.165) is 11.3 Å². The van der Waals surface area contributed by atoms with Crippen LogP contribution in [-0.2, 0) is 6.54 Å². The summed E-state index contributed by atoms with van der Waals surface area (Å²) in [6, 6.07) is 9.83. The lowest BCUT2D eigenvalue weighted by atomic mass is 10.1. The molecule has 0 fully saturated rings. The van der Waals surface area contributed by atoms with Gasteiger partial charge in [-0.1, -0.05) is 34.8 Å². The molecule has 3 aromatic rings. The highest BCUT2D eigenvalue weighted by molar-refractivity contribution is 7.03. The Kier molecular flexibility index (Phi) is 4.24. The lowest BCUT2D eigenvalue weighted by Crippen LogP contribution is -2.33. The molecule has 2 heterocycles. The molecule has 1 N–H and O–H groups in total. The Hall–Kier alpha value is -2.54. The summed E-state index contributed by atoms with van der Waals surface area (Å²) in [5.41, 5.74) is 2.31. The summed E-state index contributed by atoms with van der Waals surface area (Å²) in [6.45, 7) is 2.44. The summed E-state index contributed by atoms with van der Waals surface area (Å²) in [6.07, 6.45) is 3.33. The van der Waals surface area contributed by atoms with Crippen molar-refractivity contribution in [1.29, 1.82) is 0 Å². The molecule has 0 aliphatic rings. The fraction of sp³-hybridized carbons (Fsp3) is 0.200. The minimum Gasteiger partial charge on any atom is -0.347 e. The lowest BCUT2D eigenvalue weighted by molar-refractivity contribution is 0.0665. The van der Waals surface area contributed by atoms with Crippen LogP contribution in [0.5, 0.6) is 0 Å². The number of H-pyrrole nitrogens is 1. The zero-order valence-electron chi connectivity index (χ0n) is 12.0. The van der Waals surface area contributed by atoms with Crippen LogP contribution in [0.4, 0.5) is 0 Å². The quantitative estimate of drug-likeness (QED) is 0.786. The fourth-order valence-corrected chi connectivity index (χ4v) is 2.69. The molecule has 6 nitrogen and oxygen atoms in total. The molecule has 0 aliphatic heterocycles. The van der Waals surface area contributed by atoms with Crippen LogP contribution in [0.15, 0.2) is 48.2 Å². The topological polar surface area (TPSA) is 74.8 Å². The second-order valence-corrected chi connectivity index (χ2v) is 5.50. The molecular formula is C15H15N5OS. The average molecular weight is 313 g/mol. The molecule has 7 heteroatoms. The van der Waals surface area contributed by atoms with Gasteiger partial charge in [0.1, 0.15) is 0 Å². The Morgan fingerprint density at radius 1 is 1.36 bits per heavy atom. The van der Waals surface area contributed by atoms with Gasteiger partial charge in [-0.2, -0.15) is 0 Å². The minimum absolute atomic E-state index is 0.0845. The van der Waals surface area contributed by atoms with E-state index in [1.54, 1.807) is 22.8 Å². The van der Waals surface area contributed by atoms with Gasteiger partial charge in [0.15, 0.2) is 5.69 Å². The van der Waals surface area contributed by atoms with Crippen molar-refractivity contribution < 1.29 is 4.79 Å². The third-order valence-corrected chi connectivity index (χ3v) is 3.99. The van der Waals surface area contributed by atoms with Gasteiger partial charge in [-0.15, -0.1) is 5.10 Å². The Bertz CT molecular complexity index is 712. The number of aromatic nitrogens is 4. The first kappa shape index (κ1) is 14.4. The van der Waals surface area contributed by atoms with E-state index in [0.29, 0.717) is 12.2 Å². The monoisotopic (exact) mass is 313 g/mol. The van der Waals surface area contributed by atoms with Gasteiger partial charge in [0.25, 0.3) is 5.91 Å². The van der Waals surface area contributed by atoms with Crippen molar-refractivity contribution in [2.24, 2.45) is 0 Å². The summed E-state index contributed by atoms with van der Waals surface area (Å²) in [5, 5.41) is 5.56. The van der Waals surface area contributed by atoms with Crippen molar-refractivity contribution in [3.8, 4) is 0 Å². The zero-order valence-corrected chi connectivity index (χ0v) is 12.8. The Balaban J connectivity index is 1.90. The molecule has 1 atom stereocenters.